The predicted octanol–water partition coefficient (Wildman–Crippen LogP) is 4.44. The highest BCUT2D eigenvalue weighted by molar-refractivity contribution is 6.01. The van der Waals surface area contributed by atoms with Gasteiger partial charge in [-0.05, 0) is 88.3 Å². The molecule has 2 amide bonds. The molecule has 0 saturated carbocycles. The molecule has 9 heteroatoms. The second-order valence-corrected chi connectivity index (χ2v) is 11.8. The molecule has 2 aliphatic heterocycles. The summed E-state index contributed by atoms with van der Waals surface area (Å²) in [5, 5.41) is 0. The Bertz CT molecular complexity index is 1470. The molecule has 0 aliphatic carbocycles. The first-order valence-corrected chi connectivity index (χ1v) is 15.3. The summed E-state index contributed by atoms with van der Waals surface area (Å²) in [6.07, 6.45) is 3.59. The zero-order valence-electron chi connectivity index (χ0n) is 26.0. The molecule has 2 aromatic carbocycles. The first kappa shape index (κ1) is 30.4. The number of rotatable bonds is 9. The predicted molar refractivity (Wildman–Crippen MR) is 172 cm³/mol. The van der Waals surface area contributed by atoms with Gasteiger partial charge in [-0.1, -0.05) is 19.1 Å². The molecule has 0 radical (unpaired) electrons. The highest BCUT2D eigenvalue weighted by Gasteiger charge is 2.33. The smallest absolute Gasteiger partial charge is 0.256 e. The third kappa shape index (κ3) is 6.32. The highest BCUT2D eigenvalue weighted by Crippen LogP contribution is 2.35. The Hall–Kier alpha value is -4.11. The van der Waals surface area contributed by atoms with E-state index in [1.807, 2.05) is 54.3 Å². The van der Waals surface area contributed by atoms with Gasteiger partial charge >= 0.3 is 0 Å². The molecule has 228 valence electrons. The zero-order valence-corrected chi connectivity index (χ0v) is 26.0. The van der Waals surface area contributed by atoms with Gasteiger partial charge in [-0.3, -0.25) is 9.59 Å². The molecule has 1 aromatic heterocycles. The minimum absolute atomic E-state index is 0.0397. The number of piperazine rings is 1. The summed E-state index contributed by atoms with van der Waals surface area (Å²) in [7, 11) is 4.24. The fourth-order valence-corrected chi connectivity index (χ4v) is 6.36. The quantitative estimate of drug-likeness (QED) is 0.398. The van der Waals surface area contributed by atoms with Crippen molar-refractivity contribution in [1.29, 1.82) is 0 Å². The first-order valence-electron chi connectivity index (χ1n) is 15.3. The van der Waals surface area contributed by atoms with Crippen LogP contribution in [0.2, 0.25) is 0 Å². The molecule has 2 aliphatic rings. The van der Waals surface area contributed by atoms with Crippen molar-refractivity contribution in [3.8, 4) is 17.0 Å². The fraction of sp³-hybridized carbons (Fsp3) is 0.441. The molecular formula is C34H44N6O3. The Labute approximate surface area is 255 Å². The van der Waals surface area contributed by atoms with Gasteiger partial charge in [0.15, 0.2) is 0 Å². The van der Waals surface area contributed by atoms with Crippen LogP contribution in [0.15, 0.2) is 54.7 Å². The average Bonchev–Trinajstić information content (AvgIpc) is 3.51. The van der Waals surface area contributed by atoms with Crippen molar-refractivity contribution in [2.24, 2.45) is 5.73 Å². The number of aryl methyl sites for hydroxylation is 1. The molecule has 2 saturated heterocycles. The van der Waals surface area contributed by atoms with E-state index in [4.69, 9.17) is 10.5 Å². The van der Waals surface area contributed by atoms with Gasteiger partial charge in [-0.2, -0.15) is 0 Å². The van der Waals surface area contributed by atoms with Crippen LogP contribution in [0.3, 0.4) is 0 Å². The molecule has 0 spiro atoms. The Morgan fingerprint density at radius 2 is 1.81 bits per heavy atom. The van der Waals surface area contributed by atoms with Gasteiger partial charge in [0.25, 0.3) is 11.8 Å². The summed E-state index contributed by atoms with van der Waals surface area (Å²) in [4.78, 5) is 40.0. The molecule has 3 aromatic rings. The third-order valence-electron chi connectivity index (χ3n) is 8.79. The van der Waals surface area contributed by atoms with Crippen molar-refractivity contribution < 1.29 is 14.3 Å². The van der Waals surface area contributed by atoms with Crippen molar-refractivity contribution in [2.45, 2.75) is 45.7 Å². The molecule has 9 nitrogen and oxygen atoms in total. The van der Waals surface area contributed by atoms with Crippen LogP contribution in [0.4, 0.5) is 11.4 Å². The summed E-state index contributed by atoms with van der Waals surface area (Å²) in [5.74, 6) is 0.0956. The summed E-state index contributed by atoms with van der Waals surface area (Å²) in [5.41, 5.74) is 11.7. The molecule has 43 heavy (non-hydrogen) atoms. The van der Waals surface area contributed by atoms with Crippen molar-refractivity contribution in [3.63, 3.8) is 0 Å². The number of amides is 2. The van der Waals surface area contributed by atoms with E-state index in [0.29, 0.717) is 43.7 Å². The largest absolute Gasteiger partial charge is 0.478 e. The fourth-order valence-electron chi connectivity index (χ4n) is 6.36. The Balaban J connectivity index is 1.39. The molecule has 0 bridgehead atoms. The number of nitrogens with two attached hydrogens (primary N) is 1. The molecule has 2 fully saturated rings. The van der Waals surface area contributed by atoms with E-state index in [9.17, 15) is 9.59 Å². The van der Waals surface area contributed by atoms with Crippen LogP contribution >= 0.6 is 0 Å². The Kier molecular flexibility index (Phi) is 9.20. The summed E-state index contributed by atoms with van der Waals surface area (Å²) in [6.45, 7) is 10.2. The second-order valence-electron chi connectivity index (χ2n) is 11.8. The van der Waals surface area contributed by atoms with Crippen LogP contribution in [0.25, 0.3) is 11.1 Å². The van der Waals surface area contributed by atoms with Crippen molar-refractivity contribution in [1.82, 2.24) is 14.8 Å². The van der Waals surface area contributed by atoms with Gasteiger partial charge in [-0.25, -0.2) is 4.98 Å². The maximum atomic E-state index is 14.0. The maximum Gasteiger partial charge on any atom is 0.256 e. The number of primary amides is 1. The molecule has 5 rings (SSSR count). The molecule has 2 N–H and O–H groups in total. The Morgan fingerprint density at radius 3 is 2.51 bits per heavy atom. The van der Waals surface area contributed by atoms with Crippen LogP contribution in [0, 0.1) is 6.92 Å². The van der Waals surface area contributed by atoms with Crippen LogP contribution in [-0.4, -0.2) is 92.1 Å². The van der Waals surface area contributed by atoms with Crippen LogP contribution in [0.1, 0.15) is 53.0 Å². The van der Waals surface area contributed by atoms with E-state index in [1.165, 1.54) is 0 Å². The first-order chi connectivity index (χ1) is 20.7. The summed E-state index contributed by atoms with van der Waals surface area (Å²) >= 11 is 0. The molecule has 2 atom stereocenters. The van der Waals surface area contributed by atoms with Crippen molar-refractivity contribution in [3.05, 3.63) is 71.4 Å². The Morgan fingerprint density at radius 1 is 1.00 bits per heavy atom. The van der Waals surface area contributed by atoms with Crippen molar-refractivity contribution >= 4 is 23.2 Å². The number of likely N-dealkylation sites (N-methyl/N-ethyl adjacent to an activating group) is 1. The lowest BCUT2D eigenvalue weighted by atomic mass is 9.99. The van der Waals surface area contributed by atoms with Crippen molar-refractivity contribution in [2.75, 3.05) is 63.2 Å². The second kappa shape index (κ2) is 13.0. The van der Waals surface area contributed by atoms with E-state index in [0.717, 1.165) is 59.6 Å². The van der Waals surface area contributed by atoms with Gasteiger partial charge in [0.1, 0.15) is 0 Å². The van der Waals surface area contributed by atoms with Crippen LogP contribution in [-0.2, 0) is 0 Å². The monoisotopic (exact) mass is 584 g/mol. The van der Waals surface area contributed by atoms with E-state index >= 15 is 0 Å². The minimum Gasteiger partial charge on any atom is -0.478 e. The van der Waals surface area contributed by atoms with E-state index < -0.39 is 5.91 Å². The van der Waals surface area contributed by atoms with Gasteiger partial charge in [0, 0.05) is 67.9 Å². The summed E-state index contributed by atoms with van der Waals surface area (Å²) in [6, 6.07) is 16.2. The number of ether oxygens (including phenoxy) is 1. The van der Waals surface area contributed by atoms with E-state index in [-0.39, 0.29) is 11.9 Å². The standard InChI is InChI=1S/C34H44N6O3/c1-6-25-21-39(34(42)28-12-10-23(3)19-31(28)38-16-14-26(22-38)37(4)5)17-18-40(25)30-13-11-24(20-29(30)32(35)41)27-9-8-15-36-33(27)43-7-2/h8-13,15,19-20,25-26H,6-7,14,16-18,21-22H2,1-5H3,(H2,35,41)/t25-,26+/m1/s1. The molecule has 3 heterocycles. The minimum atomic E-state index is -0.488. The number of benzene rings is 2. The van der Waals surface area contributed by atoms with Crippen LogP contribution in [0.5, 0.6) is 5.88 Å². The number of aromatic nitrogens is 1. The lowest BCUT2D eigenvalue weighted by Crippen LogP contribution is -2.55. The van der Waals surface area contributed by atoms with E-state index in [1.54, 1.807) is 6.20 Å². The van der Waals surface area contributed by atoms with Gasteiger partial charge in [0.2, 0.25) is 5.88 Å². The number of carbonyl (C=O) groups is 2. The van der Waals surface area contributed by atoms with E-state index in [2.05, 4.69) is 53.7 Å². The maximum absolute atomic E-state index is 14.0. The summed E-state index contributed by atoms with van der Waals surface area (Å²) < 4.78 is 5.73. The number of hydrogen-bond acceptors (Lipinski definition) is 7. The van der Waals surface area contributed by atoms with Gasteiger partial charge in [-0.15, -0.1) is 0 Å². The third-order valence-corrected chi connectivity index (χ3v) is 8.79. The number of anilines is 2. The molecule has 0 unspecified atom stereocenters. The number of carbonyl (C=O) groups excluding carboxylic acids is 2. The number of hydrogen-bond donors (Lipinski definition) is 1. The average molecular weight is 585 g/mol. The van der Waals surface area contributed by atoms with Crippen LogP contribution < -0.4 is 20.3 Å². The number of pyridine rings is 1. The lowest BCUT2D eigenvalue weighted by Gasteiger charge is -2.43. The topological polar surface area (TPSA) is 95.2 Å². The SMILES string of the molecule is CCOc1ncccc1-c1ccc(N2CCN(C(=O)c3ccc(C)cc3N3CC[C@H](N(C)C)C3)C[C@H]2CC)c(C(N)=O)c1. The number of nitrogens with zero attached hydrogens (tertiary/aromatic N) is 5. The normalized spacial score (nSPS) is 18.8. The van der Waals surface area contributed by atoms with Gasteiger partial charge in [0.05, 0.1) is 17.7 Å². The highest BCUT2D eigenvalue weighted by atomic mass is 16.5. The zero-order chi connectivity index (χ0) is 30.7. The van der Waals surface area contributed by atoms with Gasteiger partial charge < -0.3 is 30.1 Å². The lowest BCUT2D eigenvalue weighted by molar-refractivity contribution is 0.0720. The molecular weight excluding hydrogens is 540 g/mol.